The van der Waals surface area contributed by atoms with Crippen LogP contribution in [-0.2, 0) is 20.7 Å². The van der Waals surface area contributed by atoms with Gasteiger partial charge in [0, 0.05) is 12.1 Å². The summed E-state index contributed by atoms with van der Waals surface area (Å²) < 4.78 is 10.9. The Morgan fingerprint density at radius 2 is 1.65 bits per heavy atom. The van der Waals surface area contributed by atoms with Crippen molar-refractivity contribution in [1.29, 1.82) is 0 Å². The second-order valence-corrected chi connectivity index (χ2v) is 9.09. The summed E-state index contributed by atoms with van der Waals surface area (Å²) in [5.74, 6) is -0.972. The Morgan fingerprint density at radius 3 is 2.29 bits per heavy atom. The van der Waals surface area contributed by atoms with Crippen LogP contribution in [0.15, 0.2) is 36.4 Å². The molecule has 6 nitrogen and oxygen atoms in total. The van der Waals surface area contributed by atoms with Gasteiger partial charge in [-0.2, -0.15) is 0 Å². The molecule has 0 saturated carbocycles. The highest BCUT2D eigenvalue weighted by atomic mass is 16.5. The van der Waals surface area contributed by atoms with E-state index in [1.54, 1.807) is 19.2 Å². The van der Waals surface area contributed by atoms with Gasteiger partial charge in [-0.15, -0.1) is 0 Å². The van der Waals surface area contributed by atoms with E-state index in [-0.39, 0.29) is 0 Å². The summed E-state index contributed by atoms with van der Waals surface area (Å²) in [6.07, 6.45) is 4.71. The Hall–Kier alpha value is -3.15. The summed E-state index contributed by atoms with van der Waals surface area (Å²) in [4.78, 5) is 40.3. The van der Waals surface area contributed by atoms with Crippen LogP contribution in [0.4, 0.5) is 0 Å². The Bertz CT molecular complexity index is 1000. The topological polar surface area (TPSA) is 72.9 Å². The molecule has 0 spiro atoms. The third-order valence-corrected chi connectivity index (χ3v) is 6.38. The van der Waals surface area contributed by atoms with Crippen molar-refractivity contribution in [3.63, 3.8) is 0 Å². The lowest BCUT2D eigenvalue weighted by Gasteiger charge is -2.33. The van der Waals surface area contributed by atoms with Gasteiger partial charge < -0.3 is 14.4 Å². The van der Waals surface area contributed by atoms with E-state index in [1.807, 2.05) is 13.8 Å². The van der Waals surface area contributed by atoms with Crippen LogP contribution in [0.25, 0.3) is 0 Å². The van der Waals surface area contributed by atoms with Crippen molar-refractivity contribution < 1.29 is 23.9 Å². The number of rotatable bonds is 9. The SMILES string of the molecule is COc1c(C)cc(C(=O)C(=O)N2CCCCC2C(=O)OCCCCc2ccc(C)cc2)cc1C. The average Bonchev–Trinajstić information content (AvgIpc) is 2.83. The molecule has 0 N–H and O–H groups in total. The molecule has 1 aliphatic rings. The predicted octanol–water partition coefficient (Wildman–Crippen LogP) is 4.75. The number of likely N-dealkylation sites (tertiary alicyclic amines) is 1. The van der Waals surface area contributed by atoms with E-state index in [1.165, 1.54) is 16.0 Å². The first-order valence-electron chi connectivity index (χ1n) is 12.0. The zero-order chi connectivity index (χ0) is 24.7. The number of piperidine rings is 1. The van der Waals surface area contributed by atoms with Crippen molar-refractivity contribution >= 4 is 17.7 Å². The quantitative estimate of drug-likeness (QED) is 0.231. The van der Waals surface area contributed by atoms with E-state index >= 15 is 0 Å². The molecule has 0 bridgehead atoms. The number of Topliss-reactive ketones (excluding diaryl/α,β-unsaturated/α-hetero) is 1. The third kappa shape index (κ3) is 6.25. The van der Waals surface area contributed by atoms with Gasteiger partial charge in [-0.05, 0) is 88.1 Å². The van der Waals surface area contributed by atoms with Gasteiger partial charge >= 0.3 is 5.97 Å². The lowest BCUT2D eigenvalue weighted by atomic mass is 9.98. The van der Waals surface area contributed by atoms with Crippen molar-refractivity contribution in [2.75, 3.05) is 20.3 Å². The molecule has 1 heterocycles. The van der Waals surface area contributed by atoms with Crippen LogP contribution in [0.1, 0.15) is 64.7 Å². The smallest absolute Gasteiger partial charge is 0.328 e. The first kappa shape index (κ1) is 25.5. The number of aryl methyl sites for hydroxylation is 4. The molecule has 3 rings (SSSR count). The highest BCUT2D eigenvalue weighted by molar-refractivity contribution is 6.43. The number of hydrogen-bond acceptors (Lipinski definition) is 5. The number of carbonyl (C=O) groups excluding carboxylic acids is 3. The molecule has 1 aliphatic heterocycles. The van der Waals surface area contributed by atoms with E-state index in [2.05, 4.69) is 31.2 Å². The summed E-state index contributed by atoms with van der Waals surface area (Å²) in [6.45, 7) is 6.44. The highest BCUT2D eigenvalue weighted by Gasteiger charge is 2.36. The van der Waals surface area contributed by atoms with Gasteiger partial charge in [0.05, 0.1) is 13.7 Å². The van der Waals surface area contributed by atoms with Crippen LogP contribution in [0.5, 0.6) is 5.75 Å². The highest BCUT2D eigenvalue weighted by Crippen LogP contribution is 2.26. The minimum Gasteiger partial charge on any atom is -0.496 e. The zero-order valence-corrected chi connectivity index (χ0v) is 20.7. The molecule has 1 amide bonds. The lowest BCUT2D eigenvalue weighted by molar-refractivity contribution is -0.155. The lowest BCUT2D eigenvalue weighted by Crippen LogP contribution is -2.51. The van der Waals surface area contributed by atoms with E-state index < -0.39 is 23.7 Å². The van der Waals surface area contributed by atoms with Gasteiger partial charge in [-0.25, -0.2) is 4.79 Å². The second kappa shape index (κ2) is 11.8. The fourth-order valence-corrected chi connectivity index (χ4v) is 4.53. The maximum Gasteiger partial charge on any atom is 0.328 e. The number of benzene rings is 2. The first-order valence-corrected chi connectivity index (χ1v) is 12.0. The molecule has 1 atom stereocenters. The minimum absolute atomic E-state index is 0.314. The second-order valence-electron chi connectivity index (χ2n) is 9.09. The number of methoxy groups -OCH3 is 1. The molecule has 1 fully saturated rings. The van der Waals surface area contributed by atoms with E-state index in [0.29, 0.717) is 30.9 Å². The molecule has 1 unspecified atom stereocenters. The van der Waals surface area contributed by atoms with E-state index in [4.69, 9.17) is 9.47 Å². The normalized spacial score (nSPS) is 15.6. The van der Waals surface area contributed by atoms with Crippen molar-refractivity contribution in [2.45, 2.75) is 65.3 Å². The molecule has 182 valence electrons. The molecular formula is C28H35NO5. The summed E-state index contributed by atoms with van der Waals surface area (Å²) in [5.41, 5.74) is 4.40. The monoisotopic (exact) mass is 465 g/mol. The average molecular weight is 466 g/mol. The number of nitrogens with zero attached hydrogens (tertiary/aromatic N) is 1. The fraction of sp³-hybridized carbons (Fsp3) is 0.464. The summed E-state index contributed by atoms with van der Waals surface area (Å²) in [6, 6.07) is 11.1. The minimum atomic E-state index is -0.706. The van der Waals surface area contributed by atoms with Crippen LogP contribution in [0.2, 0.25) is 0 Å². The van der Waals surface area contributed by atoms with E-state index in [9.17, 15) is 14.4 Å². The van der Waals surface area contributed by atoms with Gasteiger partial charge in [-0.3, -0.25) is 9.59 Å². The molecular weight excluding hydrogens is 430 g/mol. The molecule has 1 saturated heterocycles. The summed E-state index contributed by atoms with van der Waals surface area (Å²) in [7, 11) is 1.58. The third-order valence-electron chi connectivity index (χ3n) is 6.38. The van der Waals surface area contributed by atoms with Crippen LogP contribution in [-0.4, -0.2) is 48.9 Å². The largest absolute Gasteiger partial charge is 0.496 e. The van der Waals surface area contributed by atoms with Gasteiger partial charge in [-0.1, -0.05) is 29.8 Å². The fourth-order valence-electron chi connectivity index (χ4n) is 4.53. The van der Waals surface area contributed by atoms with Crippen molar-refractivity contribution in [3.8, 4) is 5.75 Å². The van der Waals surface area contributed by atoms with Crippen LogP contribution < -0.4 is 4.74 Å². The summed E-state index contributed by atoms with van der Waals surface area (Å²) in [5, 5.41) is 0. The molecule has 34 heavy (non-hydrogen) atoms. The van der Waals surface area contributed by atoms with E-state index in [0.717, 1.165) is 43.2 Å². The molecule has 0 aromatic heterocycles. The van der Waals surface area contributed by atoms with Crippen molar-refractivity contribution in [3.05, 3.63) is 64.2 Å². The van der Waals surface area contributed by atoms with Gasteiger partial charge in [0.2, 0.25) is 5.78 Å². The number of hydrogen-bond donors (Lipinski definition) is 0. The molecule has 2 aromatic carbocycles. The van der Waals surface area contributed by atoms with Crippen LogP contribution in [0, 0.1) is 20.8 Å². The number of amides is 1. The maximum atomic E-state index is 13.1. The van der Waals surface area contributed by atoms with Gasteiger partial charge in [0.1, 0.15) is 11.8 Å². The standard InChI is InChI=1S/C28H35NO5/c1-19-11-13-22(14-12-19)9-6-8-16-34-28(32)24-10-5-7-15-29(24)27(31)25(30)23-17-20(2)26(33-4)21(3)18-23/h11-14,17-18,24H,5-10,15-16H2,1-4H3. The maximum absolute atomic E-state index is 13.1. The molecule has 6 heteroatoms. The number of unbranched alkanes of at least 4 members (excludes halogenated alkanes) is 1. The van der Waals surface area contributed by atoms with Crippen molar-refractivity contribution in [1.82, 2.24) is 4.90 Å². The zero-order valence-electron chi connectivity index (χ0n) is 20.7. The van der Waals surface area contributed by atoms with Gasteiger partial charge in [0.15, 0.2) is 0 Å². The number of ether oxygens (including phenoxy) is 2. The van der Waals surface area contributed by atoms with Crippen LogP contribution >= 0.6 is 0 Å². The number of esters is 1. The Morgan fingerprint density at radius 1 is 0.971 bits per heavy atom. The molecule has 0 aliphatic carbocycles. The van der Waals surface area contributed by atoms with Crippen LogP contribution in [0.3, 0.4) is 0 Å². The van der Waals surface area contributed by atoms with Crippen molar-refractivity contribution in [2.24, 2.45) is 0 Å². The first-order chi connectivity index (χ1) is 16.3. The Kier molecular flexibility index (Phi) is 8.85. The summed E-state index contributed by atoms with van der Waals surface area (Å²) >= 11 is 0. The Labute approximate surface area is 202 Å². The predicted molar refractivity (Wildman–Crippen MR) is 131 cm³/mol. The Balaban J connectivity index is 1.56. The number of ketones is 1. The number of carbonyl (C=O) groups is 3. The molecule has 0 radical (unpaired) electrons. The van der Waals surface area contributed by atoms with Gasteiger partial charge in [0.25, 0.3) is 5.91 Å². The molecule has 2 aromatic rings.